The van der Waals surface area contributed by atoms with Crippen LogP contribution >= 0.6 is 0 Å². The van der Waals surface area contributed by atoms with Crippen LogP contribution < -0.4 is 15.2 Å². The highest BCUT2D eigenvalue weighted by molar-refractivity contribution is 7.89. The lowest BCUT2D eigenvalue weighted by molar-refractivity contribution is 0.417. The van der Waals surface area contributed by atoms with Crippen LogP contribution in [0.5, 0.6) is 5.75 Å². The highest BCUT2D eigenvalue weighted by atomic mass is 32.2. The van der Waals surface area contributed by atoms with Gasteiger partial charge in [-0.25, -0.2) is 18.1 Å². The van der Waals surface area contributed by atoms with Gasteiger partial charge in [-0.05, 0) is 17.7 Å². The number of aromatic amines is 1. The van der Waals surface area contributed by atoms with Gasteiger partial charge in [0.15, 0.2) is 5.03 Å². The Labute approximate surface area is 123 Å². The first-order valence-electron chi connectivity index (χ1n) is 6.42. The maximum Gasteiger partial charge on any atom is 0.257 e. The number of nitrogen functional groups attached to an aromatic ring is 1. The molecule has 0 aliphatic heterocycles. The molecule has 0 bridgehead atoms. The molecule has 0 radical (unpaired) electrons. The van der Waals surface area contributed by atoms with Crippen molar-refractivity contribution in [2.45, 2.75) is 24.9 Å². The van der Waals surface area contributed by atoms with E-state index in [2.05, 4.69) is 14.7 Å². The standard InChI is InChI=1S/C13H18N4O3S/c1-3-12-15-8-13(17-12)21(18,19)16-7-9-4-5-11(20-2)10(14)6-9/h4-6,8,16H,3,7,14H2,1-2H3,(H,15,17). The van der Waals surface area contributed by atoms with E-state index in [4.69, 9.17) is 10.5 Å². The number of nitrogens with two attached hydrogens (primary N) is 1. The zero-order valence-corrected chi connectivity index (χ0v) is 12.7. The summed E-state index contributed by atoms with van der Waals surface area (Å²) in [5.41, 5.74) is 6.99. The third kappa shape index (κ3) is 3.53. The number of nitrogens with one attached hydrogen (secondary N) is 2. The van der Waals surface area contributed by atoms with Gasteiger partial charge in [-0.2, -0.15) is 0 Å². The first-order valence-corrected chi connectivity index (χ1v) is 7.90. The Hall–Kier alpha value is -2.06. The van der Waals surface area contributed by atoms with Gasteiger partial charge in [0.05, 0.1) is 19.0 Å². The van der Waals surface area contributed by atoms with E-state index in [0.29, 0.717) is 23.7 Å². The van der Waals surface area contributed by atoms with Gasteiger partial charge in [0.1, 0.15) is 11.6 Å². The van der Waals surface area contributed by atoms with Crippen LogP contribution in [0.2, 0.25) is 0 Å². The molecule has 2 rings (SSSR count). The Morgan fingerprint density at radius 1 is 1.43 bits per heavy atom. The molecule has 0 fully saturated rings. The summed E-state index contributed by atoms with van der Waals surface area (Å²) < 4.78 is 31.8. The molecule has 2 aromatic rings. The van der Waals surface area contributed by atoms with Crippen LogP contribution in [-0.4, -0.2) is 25.5 Å². The Morgan fingerprint density at radius 3 is 2.76 bits per heavy atom. The number of methoxy groups -OCH3 is 1. The predicted molar refractivity (Wildman–Crippen MR) is 79.4 cm³/mol. The molecule has 7 nitrogen and oxygen atoms in total. The second-order valence-electron chi connectivity index (χ2n) is 4.45. The number of imidazole rings is 1. The second kappa shape index (κ2) is 6.15. The molecule has 1 aromatic heterocycles. The van der Waals surface area contributed by atoms with Crippen molar-refractivity contribution in [2.24, 2.45) is 0 Å². The van der Waals surface area contributed by atoms with Crippen LogP contribution in [0.15, 0.2) is 29.4 Å². The molecule has 4 N–H and O–H groups in total. The van der Waals surface area contributed by atoms with Crippen molar-refractivity contribution in [1.29, 1.82) is 0 Å². The van der Waals surface area contributed by atoms with Gasteiger partial charge in [0.25, 0.3) is 10.0 Å². The van der Waals surface area contributed by atoms with E-state index in [1.165, 1.54) is 13.3 Å². The summed E-state index contributed by atoms with van der Waals surface area (Å²) in [6.07, 6.45) is 1.95. The normalized spacial score (nSPS) is 11.5. The Bertz CT molecular complexity index is 725. The Morgan fingerprint density at radius 2 is 2.19 bits per heavy atom. The summed E-state index contributed by atoms with van der Waals surface area (Å²) in [6.45, 7) is 2.03. The molecule has 0 aliphatic rings. The fraction of sp³-hybridized carbons (Fsp3) is 0.308. The molecule has 0 aliphatic carbocycles. The Balaban J connectivity index is 2.09. The molecule has 0 atom stereocenters. The number of H-pyrrole nitrogens is 1. The van der Waals surface area contributed by atoms with E-state index >= 15 is 0 Å². The van der Waals surface area contributed by atoms with Crippen molar-refractivity contribution in [3.63, 3.8) is 0 Å². The molecule has 0 saturated carbocycles. The average molecular weight is 310 g/mol. The zero-order valence-electron chi connectivity index (χ0n) is 11.9. The van der Waals surface area contributed by atoms with Crippen LogP contribution in [0.4, 0.5) is 5.69 Å². The third-order valence-electron chi connectivity index (χ3n) is 2.99. The van der Waals surface area contributed by atoms with E-state index in [1.54, 1.807) is 18.2 Å². The lowest BCUT2D eigenvalue weighted by atomic mass is 10.2. The van der Waals surface area contributed by atoms with Gasteiger partial charge < -0.3 is 15.5 Å². The first-order chi connectivity index (χ1) is 9.96. The molecule has 1 aromatic carbocycles. The highest BCUT2D eigenvalue weighted by Crippen LogP contribution is 2.22. The number of hydrogen-bond acceptors (Lipinski definition) is 5. The van der Waals surface area contributed by atoms with E-state index in [-0.39, 0.29) is 11.6 Å². The molecule has 1 heterocycles. The maximum absolute atomic E-state index is 12.1. The summed E-state index contributed by atoms with van der Waals surface area (Å²) in [4.78, 5) is 6.74. The molecule has 114 valence electrons. The third-order valence-corrected chi connectivity index (χ3v) is 4.30. The minimum absolute atomic E-state index is 0.0563. The van der Waals surface area contributed by atoms with Crippen molar-refractivity contribution in [3.05, 3.63) is 35.8 Å². The molecule has 0 saturated heterocycles. The average Bonchev–Trinajstić information content (AvgIpc) is 2.95. The van der Waals surface area contributed by atoms with E-state index in [1.807, 2.05) is 6.92 Å². The number of aromatic nitrogens is 2. The van der Waals surface area contributed by atoms with Crippen LogP contribution in [-0.2, 0) is 23.0 Å². The predicted octanol–water partition coefficient (Wildman–Crippen LogP) is 1.04. The first kappa shape index (κ1) is 15.3. The quantitative estimate of drug-likeness (QED) is 0.691. The van der Waals surface area contributed by atoms with Gasteiger partial charge in [-0.1, -0.05) is 13.0 Å². The number of benzene rings is 1. The fourth-order valence-electron chi connectivity index (χ4n) is 1.81. The summed E-state index contributed by atoms with van der Waals surface area (Å²) in [5.74, 6) is 1.19. The lowest BCUT2D eigenvalue weighted by Crippen LogP contribution is -2.23. The number of sulfonamides is 1. The molecule has 0 spiro atoms. The van der Waals surface area contributed by atoms with E-state index in [9.17, 15) is 8.42 Å². The van der Waals surface area contributed by atoms with Crippen molar-refractivity contribution in [3.8, 4) is 5.75 Å². The number of hydrogen-bond donors (Lipinski definition) is 3. The van der Waals surface area contributed by atoms with Gasteiger partial charge in [-0.15, -0.1) is 0 Å². The van der Waals surface area contributed by atoms with E-state index in [0.717, 1.165) is 5.56 Å². The minimum Gasteiger partial charge on any atom is -0.495 e. The topological polar surface area (TPSA) is 110 Å². The van der Waals surface area contributed by atoms with Gasteiger partial charge in [0, 0.05) is 13.0 Å². The van der Waals surface area contributed by atoms with E-state index < -0.39 is 10.0 Å². The SMILES string of the molecule is CCc1ncc(S(=O)(=O)NCc2ccc(OC)c(N)c2)[nH]1. The molecular weight excluding hydrogens is 292 g/mol. The summed E-state index contributed by atoms with van der Waals surface area (Å²) >= 11 is 0. The molecule has 21 heavy (non-hydrogen) atoms. The van der Waals surface area contributed by atoms with Gasteiger partial charge in [0.2, 0.25) is 0 Å². The summed E-state index contributed by atoms with van der Waals surface area (Å²) in [6, 6.07) is 5.12. The number of anilines is 1. The molecular formula is C13H18N4O3S. The minimum atomic E-state index is -3.62. The fourth-order valence-corrected chi connectivity index (χ4v) is 2.77. The molecule has 0 unspecified atom stereocenters. The van der Waals surface area contributed by atoms with Crippen molar-refractivity contribution < 1.29 is 13.2 Å². The van der Waals surface area contributed by atoms with Crippen molar-refractivity contribution >= 4 is 15.7 Å². The van der Waals surface area contributed by atoms with Gasteiger partial charge in [-0.3, -0.25) is 0 Å². The summed E-state index contributed by atoms with van der Waals surface area (Å²) in [7, 11) is -2.09. The van der Waals surface area contributed by atoms with Crippen molar-refractivity contribution in [2.75, 3.05) is 12.8 Å². The second-order valence-corrected chi connectivity index (χ2v) is 6.18. The Kier molecular flexibility index (Phi) is 4.49. The van der Waals surface area contributed by atoms with Crippen LogP contribution in [0.3, 0.4) is 0 Å². The lowest BCUT2D eigenvalue weighted by Gasteiger charge is -2.08. The van der Waals surface area contributed by atoms with Crippen LogP contribution in [0.1, 0.15) is 18.3 Å². The monoisotopic (exact) mass is 310 g/mol. The zero-order chi connectivity index (χ0) is 15.5. The highest BCUT2D eigenvalue weighted by Gasteiger charge is 2.16. The number of aryl methyl sites for hydroxylation is 1. The number of rotatable bonds is 6. The number of ether oxygens (including phenoxy) is 1. The smallest absolute Gasteiger partial charge is 0.257 e. The van der Waals surface area contributed by atoms with Crippen LogP contribution in [0, 0.1) is 0 Å². The van der Waals surface area contributed by atoms with Crippen molar-refractivity contribution in [1.82, 2.24) is 14.7 Å². The van der Waals surface area contributed by atoms with Gasteiger partial charge >= 0.3 is 0 Å². The molecule has 0 amide bonds. The summed E-state index contributed by atoms with van der Waals surface area (Å²) in [5, 5.41) is 0.0563. The molecule has 8 heteroatoms. The number of nitrogens with zero attached hydrogens (tertiary/aromatic N) is 1. The largest absolute Gasteiger partial charge is 0.495 e. The van der Waals surface area contributed by atoms with Crippen LogP contribution in [0.25, 0.3) is 0 Å². The maximum atomic E-state index is 12.1.